The fourth-order valence-electron chi connectivity index (χ4n) is 2.92. The number of H-pyrrole nitrogens is 1. The normalized spacial score (nSPS) is 18.2. The summed E-state index contributed by atoms with van der Waals surface area (Å²) in [7, 11) is 0. The van der Waals surface area contributed by atoms with E-state index in [0.29, 0.717) is 5.69 Å². The zero-order chi connectivity index (χ0) is 15.1. The van der Waals surface area contributed by atoms with Gasteiger partial charge in [0.2, 0.25) is 0 Å². The van der Waals surface area contributed by atoms with Crippen LogP contribution in [0.3, 0.4) is 0 Å². The second-order valence-electron chi connectivity index (χ2n) is 5.27. The fraction of sp³-hybridized carbons (Fsp3) is 0.267. The molecule has 1 aliphatic rings. The van der Waals surface area contributed by atoms with E-state index in [4.69, 9.17) is 16.6 Å². The summed E-state index contributed by atoms with van der Waals surface area (Å²) in [6, 6.07) is 8.27. The Balaban J connectivity index is 1.77. The highest BCUT2D eigenvalue weighted by Crippen LogP contribution is 2.40. The first-order chi connectivity index (χ1) is 10.7. The molecule has 3 aromatic rings. The highest BCUT2D eigenvalue weighted by atomic mass is 35.5. The van der Waals surface area contributed by atoms with Crippen LogP contribution in [0.4, 0.5) is 5.69 Å². The molecule has 112 valence electrons. The van der Waals surface area contributed by atoms with Crippen LogP contribution in [0, 0.1) is 0 Å². The first-order valence-corrected chi connectivity index (χ1v) is 8.29. The van der Waals surface area contributed by atoms with Crippen molar-refractivity contribution in [2.45, 2.75) is 18.9 Å². The van der Waals surface area contributed by atoms with Crippen molar-refractivity contribution >= 4 is 38.8 Å². The number of hydrogen-bond donors (Lipinski definition) is 1. The number of rotatable bonds is 2. The Labute approximate surface area is 135 Å². The summed E-state index contributed by atoms with van der Waals surface area (Å²) in [6.45, 7) is 0.853. The summed E-state index contributed by atoms with van der Waals surface area (Å²) in [5, 5.41) is 7.50. The number of fused-ring (bicyclic) bond motifs is 1. The smallest absolute Gasteiger partial charge is 0.285 e. The number of anilines is 1. The number of para-hydroxylation sites is 1. The van der Waals surface area contributed by atoms with E-state index >= 15 is 0 Å². The molecule has 0 radical (unpaired) electrons. The monoisotopic (exact) mass is 332 g/mol. The third kappa shape index (κ3) is 2.19. The van der Waals surface area contributed by atoms with Crippen molar-refractivity contribution in [2.75, 3.05) is 11.4 Å². The molecule has 0 aliphatic carbocycles. The molecule has 1 fully saturated rings. The van der Waals surface area contributed by atoms with Gasteiger partial charge in [-0.3, -0.25) is 4.79 Å². The Morgan fingerprint density at radius 1 is 1.36 bits per heavy atom. The summed E-state index contributed by atoms with van der Waals surface area (Å²) < 4.78 is 1.18. The zero-order valence-corrected chi connectivity index (χ0v) is 13.2. The minimum Gasteiger partial charge on any atom is -0.359 e. The number of hydrogen-bond acceptors (Lipinski definition) is 5. The van der Waals surface area contributed by atoms with E-state index in [-0.39, 0.29) is 16.6 Å². The summed E-state index contributed by atoms with van der Waals surface area (Å²) in [6.07, 6.45) is 3.67. The quantitative estimate of drug-likeness (QED) is 0.781. The maximum absolute atomic E-state index is 11.7. The summed E-state index contributed by atoms with van der Waals surface area (Å²) in [5.41, 5.74) is 1.35. The second-order valence-corrected chi connectivity index (χ2v) is 6.71. The average Bonchev–Trinajstić information content (AvgIpc) is 3.15. The molecule has 7 heteroatoms. The van der Waals surface area contributed by atoms with Crippen molar-refractivity contribution < 1.29 is 0 Å². The van der Waals surface area contributed by atoms with E-state index in [0.717, 1.165) is 29.9 Å². The minimum absolute atomic E-state index is 0.151. The molecule has 0 spiro atoms. The molecule has 0 amide bonds. The number of nitrogens with one attached hydrogen (secondary N) is 1. The Kier molecular flexibility index (Phi) is 3.35. The molecule has 1 aliphatic heterocycles. The molecule has 1 unspecified atom stereocenters. The van der Waals surface area contributed by atoms with Gasteiger partial charge in [-0.25, -0.2) is 10.1 Å². The lowest BCUT2D eigenvalue weighted by molar-refractivity contribution is 0.711. The van der Waals surface area contributed by atoms with Gasteiger partial charge in [-0.2, -0.15) is 5.10 Å². The number of aromatic nitrogens is 3. The van der Waals surface area contributed by atoms with Crippen LogP contribution in [0.25, 0.3) is 10.2 Å². The molecule has 2 aromatic heterocycles. The zero-order valence-electron chi connectivity index (χ0n) is 11.6. The topological polar surface area (TPSA) is 61.9 Å². The lowest BCUT2D eigenvalue weighted by atomic mass is 10.2. The van der Waals surface area contributed by atoms with Crippen molar-refractivity contribution in [1.82, 2.24) is 15.2 Å². The Bertz CT molecular complexity index is 857. The molecule has 1 aromatic carbocycles. The highest BCUT2D eigenvalue weighted by Gasteiger charge is 2.30. The molecule has 3 heterocycles. The molecule has 22 heavy (non-hydrogen) atoms. The van der Waals surface area contributed by atoms with Gasteiger partial charge >= 0.3 is 0 Å². The predicted octanol–water partition coefficient (Wildman–Crippen LogP) is 3.37. The number of halogens is 1. The van der Waals surface area contributed by atoms with Crippen molar-refractivity contribution in [3.8, 4) is 0 Å². The van der Waals surface area contributed by atoms with Crippen LogP contribution in [-0.2, 0) is 0 Å². The van der Waals surface area contributed by atoms with Crippen molar-refractivity contribution in [3.63, 3.8) is 0 Å². The fourth-order valence-corrected chi connectivity index (χ4v) is 4.23. The number of nitrogens with zero attached hydrogens (tertiary/aromatic N) is 3. The van der Waals surface area contributed by atoms with E-state index < -0.39 is 0 Å². The lowest BCUT2D eigenvalue weighted by Crippen LogP contribution is -2.25. The first kappa shape index (κ1) is 13.7. The largest absolute Gasteiger partial charge is 0.359 e. The van der Waals surface area contributed by atoms with Gasteiger partial charge < -0.3 is 4.90 Å². The lowest BCUT2D eigenvalue weighted by Gasteiger charge is -2.25. The number of benzene rings is 1. The number of aromatic amines is 1. The van der Waals surface area contributed by atoms with Gasteiger partial charge in [0.1, 0.15) is 10.0 Å². The van der Waals surface area contributed by atoms with E-state index in [1.165, 1.54) is 4.70 Å². The SMILES string of the molecule is O=c1[nH]ncc(N2CCCC2c2nc3ccccc3s2)c1Cl. The van der Waals surface area contributed by atoms with Crippen LogP contribution >= 0.6 is 22.9 Å². The van der Waals surface area contributed by atoms with E-state index in [1.807, 2.05) is 18.2 Å². The predicted molar refractivity (Wildman–Crippen MR) is 88.8 cm³/mol. The van der Waals surface area contributed by atoms with Gasteiger partial charge in [-0.05, 0) is 25.0 Å². The van der Waals surface area contributed by atoms with E-state index in [9.17, 15) is 4.79 Å². The average molecular weight is 333 g/mol. The number of thiazole rings is 1. The first-order valence-electron chi connectivity index (χ1n) is 7.09. The molecule has 0 saturated carbocycles. The second kappa shape index (κ2) is 5.37. The highest BCUT2D eigenvalue weighted by molar-refractivity contribution is 7.18. The maximum atomic E-state index is 11.7. The molecular weight excluding hydrogens is 320 g/mol. The van der Waals surface area contributed by atoms with Crippen LogP contribution in [0.5, 0.6) is 0 Å². The molecule has 1 N–H and O–H groups in total. The van der Waals surface area contributed by atoms with Crippen molar-refractivity contribution in [1.29, 1.82) is 0 Å². The van der Waals surface area contributed by atoms with Crippen LogP contribution in [-0.4, -0.2) is 21.7 Å². The van der Waals surface area contributed by atoms with Crippen LogP contribution < -0.4 is 10.5 Å². The van der Waals surface area contributed by atoms with Crippen LogP contribution in [0.2, 0.25) is 5.02 Å². The molecule has 1 atom stereocenters. The Morgan fingerprint density at radius 3 is 3.09 bits per heavy atom. The third-order valence-corrected chi connectivity index (χ3v) is 5.44. The molecular formula is C15H13ClN4OS. The summed E-state index contributed by atoms with van der Waals surface area (Å²) >= 11 is 7.86. The van der Waals surface area contributed by atoms with E-state index in [1.54, 1.807) is 17.5 Å². The van der Waals surface area contributed by atoms with Gasteiger partial charge in [0.25, 0.3) is 5.56 Å². The Hall–Kier alpha value is -1.92. The van der Waals surface area contributed by atoms with Crippen molar-refractivity contribution in [3.05, 3.63) is 50.8 Å². The van der Waals surface area contributed by atoms with Gasteiger partial charge in [0.15, 0.2) is 0 Å². The molecule has 4 rings (SSSR count). The summed E-state index contributed by atoms with van der Waals surface area (Å²) in [5.74, 6) is 0. The maximum Gasteiger partial charge on any atom is 0.285 e. The minimum atomic E-state index is -0.353. The standard InChI is InChI=1S/C15H13ClN4OS/c16-13-11(8-17-19-14(13)21)20-7-3-5-10(20)15-18-9-4-1-2-6-12(9)22-15/h1-2,4,6,8,10H,3,5,7H2,(H,19,21). The third-order valence-electron chi connectivity index (χ3n) is 3.93. The van der Waals surface area contributed by atoms with Gasteiger partial charge in [-0.15, -0.1) is 11.3 Å². The van der Waals surface area contributed by atoms with Gasteiger partial charge in [-0.1, -0.05) is 23.7 Å². The summed E-state index contributed by atoms with van der Waals surface area (Å²) in [4.78, 5) is 18.6. The molecule has 5 nitrogen and oxygen atoms in total. The van der Waals surface area contributed by atoms with Crippen LogP contribution in [0.1, 0.15) is 23.9 Å². The Morgan fingerprint density at radius 2 is 2.23 bits per heavy atom. The van der Waals surface area contributed by atoms with Crippen LogP contribution in [0.15, 0.2) is 35.3 Å². The van der Waals surface area contributed by atoms with Gasteiger partial charge in [0, 0.05) is 6.54 Å². The van der Waals surface area contributed by atoms with Gasteiger partial charge in [0.05, 0.1) is 28.1 Å². The molecule has 1 saturated heterocycles. The van der Waals surface area contributed by atoms with E-state index in [2.05, 4.69) is 21.2 Å². The van der Waals surface area contributed by atoms with Crippen molar-refractivity contribution in [2.24, 2.45) is 0 Å². The molecule has 0 bridgehead atoms.